The summed E-state index contributed by atoms with van der Waals surface area (Å²) >= 11 is 0. The predicted molar refractivity (Wildman–Crippen MR) is 93.3 cm³/mol. The van der Waals surface area contributed by atoms with Crippen molar-refractivity contribution in [1.82, 2.24) is 0 Å². The van der Waals surface area contributed by atoms with Crippen molar-refractivity contribution in [3.05, 3.63) is 95.1 Å². The van der Waals surface area contributed by atoms with Crippen molar-refractivity contribution in [3.8, 4) is 0 Å². The van der Waals surface area contributed by atoms with Gasteiger partial charge in [-0.3, -0.25) is 0 Å². The Bertz CT molecular complexity index is 783. The molecule has 2 aromatic carbocycles. The van der Waals surface area contributed by atoms with E-state index in [0.717, 1.165) is 5.56 Å². The third-order valence-electron chi connectivity index (χ3n) is 4.60. The van der Waals surface area contributed by atoms with Crippen LogP contribution in [-0.2, 0) is 0 Å². The number of halogens is 2. The lowest BCUT2D eigenvalue weighted by Gasteiger charge is -2.29. The first kappa shape index (κ1) is 17.5. The van der Waals surface area contributed by atoms with E-state index in [1.54, 1.807) is 12.1 Å². The molecule has 0 bridgehead atoms. The highest BCUT2D eigenvalue weighted by molar-refractivity contribution is 5.41. The average molecular weight is 342 g/mol. The Morgan fingerprint density at radius 2 is 1.80 bits per heavy atom. The fourth-order valence-electron chi connectivity index (χ4n) is 3.38. The summed E-state index contributed by atoms with van der Waals surface area (Å²) < 4.78 is 28.2. The Labute approximate surface area is 145 Å². The summed E-state index contributed by atoms with van der Waals surface area (Å²) in [6.45, 7) is -0.530. The Kier molecular flexibility index (Phi) is 5.41. The minimum atomic E-state index is -1.20. The molecular formula is C21H20F2O2. The van der Waals surface area contributed by atoms with E-state index >= 15 is 0 Å². The van der Waals surface area contributed by atoms with E-state index in [2.05, 4.69) is 0 Å². The van der Waals surface area contributed by atoms with Crippen LogP contribution in [-0.4, -0.2) is 22.9 Å². The first-order chi connectivity index (χ1) is 12.1. The van der Waals surface area contributed by atoms with Gasteiger partial charge in [0.1, 0.15) is 11.6 Å². The fourth-order valence-corrected chi connectivity index (χ4v) is 3.38. The van der Waals surface area contributed by atoms with Gasteiger partial charge < -0.3 is 10.2 Å². The maximum Gasteiger partial charge on any atom is 0.123 e. The number of hydrogen-bond donors (Lipinski definition) is 2. The summed E-state index contributed by atoms with van der Waals surface area (Å²) in [6.07, 6.45) is 2.35. The molecule has 3 atom stereocenters. The molecule has 2 nitrogen and oxygen atoms in total. The van der Waals surface area contributed by atoms with Gasteiger partial charge in [0.15, 0.2) is 0 Å². The molecule has 1 aliphatic rings. The second kappa shape index (κ2) is 7.72. The van der Waals surface area contributed by atoms with Gasteiger partial charge in [-0.15, -0.1) is 0 Å². The minimum Gasteiger partial charge on any atom is -0.394 e. The van der Waals surface area contributed by atoms with Crippen molar-refractivity contribution in [2.45, 2.75) is 24.4 Å². The van der Waals surface area contributed by atoms with E-state index in [1.165, 1.54) is 24.3 Å². The molecule has 0 amide bonds. The molecule has 2 N–H and O–H groups in total. The van der Waals surface area contributed by atoms with Crippen LogP contribution in [0.4, 0.5) is 8.78 Å². The van der Waals surface area contributed by atoms with Crippen molar-refractivity contribution < 1.29 is 19.0 Å². The standard InChI is InChI=1S/C21H20F2O2/c22-17-8-4-7-16(11-17)21(20(25)13-24)18-12-15(9-10-19(18)23)14-5-2-1-3-6-14/h1-11,15,20-21,24-25H,12-13H2/t15?,20-,21+/m1/s1. The molecule has 0 aromatic heterocycles. The third-order valence-corrected chi connectivity index (χ3v) is 4.60. The minimum absolute atomic E-state index is 0.0300. The predicted octanol–water partition coefficient (Wildman–Crippen LogP) is 4.23. The van der Waals surface area contributed by atoms with Crippen LogP contribution in [0.3, 0.4) is 0 Å². The maximum atomic E-state index is 14.6. The van der Waals surface area contributed by atoms with E-state index in [0.29, 0.717) is 17.6 Å². The molecule has 0 fully saturated rings. The molecule has 3 rings (SSSR count). The molecule has 130 valence electrons. The topological polar surface area (TPSA) is 40.5 Å². The van der Waals surface area contributed by atoms with Crippen LogP contribution in [0.25, 0.3) is 0 Å². The first-order valence-electron chi connectivity index (χ1n) is 8.26. The Hall–Kier alpha value is -2.30. The summed E-state index contributed by atoms with van der Waals surface area (Å²) in [4.78, 5) is 0. The molecule has 4 heteroatoms. The summed E-state index contributed by atoms with van der Waals surface area (Å²) in [5.41, 5.74) is 1.87. The van der Waals surface area contributed by atoms with Gasteiger partial charge in [-0.05, 0) is 41.3 Å². The SMILES string of the molecule is OC[C@@H](O)[C@H](C1=C(F)C=CC(c2ccccc2)C1)c1cccc(F)c1. The first-order valence-corrected chi connectivity index (χ1v) is 8.26. The van der Waals surface area contributed by atoms with Crippen LogP contribution in [0, 0.1) is 5.82 Å². The van der Waals surface area contributed by atoms with Crippen molar-refractivity contribution >= 4 is 0 Å². The summed E-state index contributed by atoms with van der Waals surface area (Å²) in [7, 11) is 0. The number of aliphatic hydroxyl groups excluding tert-OH is 2. The highest BCUT2D eigenvalue weighted by Gasteiger charge is 2.31. The van der Waals surface area contributed by atoms with E-state index in [1.807, 2.05) is 30.3 Å². The van der Waals surface area contributed by atoms with Gasteiger partial charge >= 0.3 is 0 Å². The lowest BCUT2D eigenvalue weighted by Crippen LogP contribution is -2.26. The lowest BCUT2D eigenvalue weighted by atomic mass is 9.77. The van der Waals surface area contributed by atoms with Crippen molar-refractivity contribution in [3.63, 3.8) is 0 Å². The molecule has 1 unspecified atom stereocenters. The van der Waals surface area contributed by atoms with E-state index in [9.17, 15) is 19.0 Å². The van der Waals surface area contributed by atoms with Crippen LogP contribution in [0.5, 0.6) is 0 Å². The van der Waals surface area contributed by atoms with Gasteiger partial charge in [-0.1, -0.05) is 48.5 Å². The lowest BCUT2D eigenvalue weighted by molar-refractivity contribution is 0.0796. The van der Waals surface area contributed by atoms with Gasteiger partial charge in [0.05, 0.1) is 12.7 Å². The summed E-state index contributed by atoms with van der Waals surface area (Å²) in [5.74, 6) is -1.72. The largest absolute Gasteiger partial charge is 0.394 e. The Balaban J connectivity index is 1.98. The number of rotatable bonds is 5. The molecular weight excluding hydrogens is 322 g/mol. The zero-order valence-electron chi connectivity index (χ0n) is 13.6. The van der Waals surface area contributed by atoms with E-state index < -0.39 is 30.3 Å². The molecule has 0 saturated heterocycles. The smallest absolute Gasteiger partial charge is 0.123 e. The zero-order valence-corrected chi connectivity index (χ0v) is 13.6. The van der Waals surface area contributed by atoms with Crippen LogP contribution in [0.15, 0.2) is 78.1 Å². The molecule has 0 heterocycles. The monoisotopic (exact) mass is 342 g/mol. The number of benzene rings is 2. The Morgan fingerprint density at radius 1 is 1.04 bits per heavy atom. The van der Waals surface area contributed by atoms with Crippen molar-refractivity contribution in [2.75, 3.05) is 6.61 Å². The van der Waals surface area contributed by atoms with Crippen molar-refractivity contribution in [2.24, 2.45) is 0 Å². The maximum absolute atomic E-state index is 14.6. The molecule has 0 aliphatic heterocycles. The normalized spacial score (nSPS) is 19.8. The van der Waals surface area contributed by atoms with Crippen LogP contribution < -0.4 is 0 Å². The highest BCUT2D eigenvalue weighted by Crippen LogP contribution is 2.41. The van der Waals surface area contributed by atoms with Crippen LogP contribution in [0.2, 0.25) is 0 Å². The highest BCUT2D eigenvalue weighted by atomic mass is 19.1. The molecule has 0 spiro atoms. The quantitative estimate of drug-likeness (QED) is 0.854. The zero-order chi connectivity index (χ0) is 17.8. The van der Waals surface area contributed by atoms with Gasteiger partial charge in [0.25, 0.3) is 0 Å². The molecule has 0 radical (unpaired) electrons. The van der Waals surface area contributed by atoms with Gasteiger partial charge in [0, 0.05) is 11.8 Å². The van der Waals surface area contributed by atoms with Crippen LogP contribution >= 0.6 is 0 Å². The molecule has 25 heavy (non-hydrogen) atoms. The second-order valence-electron chi connectivity index (χ2n) is 6.24. The number of allylic oxidation sites excluding steroid dienone is 3. The number of hydrogen-bond acceptors (Lipinski definition) is 2. The van der Waals surface area contributed by atoms with E-state index in [-0.39, 0.29) is 5.92 Å². The molecule has 0 saturated carbocycles. The summed E-state index contributed by atoms with van der Waals surface area (Å²) in [5, 5.41) is 19.7. The van der Waals surface area contributed by atoms with Gasteiger partial charge in [0.2, 0.25) is 0 Å². The van der Waals surface area contributed by atoms with Gasteiger partial charge in [-0.2, -0.15) is 0 Å². The van der Waals surface area contributed by atoms with Crippen molar-refractivity contribution in [1.29, 1.82) is 0 Å². The Morgan fingerprint density at radius 3 is 2.48 bits per heavy atom. The second-order valence-corrected chi connectivity index (χ2v) is 6.24. The van der Waals surface area contributed by atoms with Crippen LogP contribution in [0.1, 0.15) is 29.4 Å². The fraction of sp³-hybridized carbons (Fsp3) is 0.238. The van der Waals surface area contributed by atoms with E-state index in [4.69, 9.17) is 0 Å². The molecule has 2 aromatic rings. The summed E-state index contributed by atoms with van der Waals surface area (Å²) in [6, 6.07) is 15.4. The average Bonchev–Trinajstić information content (AvgIpc) is 2.64. The molecule has 1 aliphatic carbocycles. The number of aliphatic hydroxyl groups is 2. The third kappa shape index (κ3) is 3.86. The van der Waals surface area contributed by atoms with Gasteiger partial charge in [-0.25, -0.2) is 8.78 Å².